The van der Waals surface area contributed by atoms with Crippen LogP contribution in [0.25, 0.3) is 0 Å². The predicted octanol–water partition coefficient (Wildman–Crippen LogP) is 3.17. The van der Waals surface area contributed by atoms with Gasteiger partial charge in [0.2, 0.25) is 0 Å². The Morgan fingerprint density at radius 1 is 1.22 bits per heavy atom. The van der Waals surface area contributed by atoms with Crippen LogP contribution in [0.15, 0.2) is 18.2 Å². The van der Waals surface area contributed by atoms with Crippen molar-refractivity contribution >= 4 is 11.9 Å². The van der Waals surface area contributed by atoms with Crippen LogP contribution in [0.4, 0.5) is 17.6 Å². The highest BCUT2D eigenvalue weighted by atomic mass is 19.4. The molecule has 1 aliphatic heterocycles. The first kappa shape index (κ1) is 17.2. The fraction of sp³-hybridized carbons (Fsp3) is 0.467. The minimum Gasteiger partial charge on any atom is -0.481 e. The lowest BCUT2D eigenvalue weighted by atomic mass is 9.92. The lowest BCUT2D eigenvalue weighted by Crippen LogP contribution is -2.47. The summed E-state index contributed by atoms with van der Waals surface area (Å²) >= 11 is 0. The maximum atomic E-state index is 13.4. The van der Waals surface area contributed by atoms with Gasteiger partial charge in [-0.1, -0.05) is 0 Å². The van der Waals surface area contributed by atoms with Gasteiger partial charge in [-0.15, -0.1) is 0 Å². The van der Waals surface area contributed by atoms with Crippen LogP contribution < -0.4 is 0 Å². The average Bonchev–Trinajstić information content (AvgIpc) is 2.45. The van der Waals surface area contributed by atoms with E-state index in [1.165, 1.54) is 4.90 Å². The molecule has 23 heavy (non-hydrogen) atoms. The number of rotatable bonds is 2. The highest BCUT2D eigenvalue weighted by Crippen LogP contribution is 2.31. The molecule has 1 amide bonds. The third-order valence-electron chi connectivity index (χ3n) is 3.96. The van der Waals surface area contributed by atoms with E-state index in [-0.39, 0.29) is 12.6 Å². The molecule has 0 radical (unpaired) electrons. The normalized spacial score (nSPS) is 22.0. The van der Waals surface area contributed by atoms with Gasteiger partial charge in [0, 0.05) is 18.2 Å². The first-order chi connectivity index (χ1) is 10.6. The molecule has 1 aliphatic rings. The van der Waals surface area contributed by atoms with Crippen molar-refractivity contribution in [2.75, 3.05) is 6.54 Å². The van der Waals surface area contributed by atoms with Gasteiger partial charge in [0.15, 0.2) is 0 Å². The highest BCUT2D eigenvalue weighted by molar-refractivity contribution is 5.95. The molecule has 2 rings (SSSR count). The second-order valence-corrected chi connectivity index (χ2v) is 5.65. The van der Waals surface area contributed by atoms with Gasteiger partial charge in [-0.05, 0) is 38.0 Å². The third kappa shape index (κ3) is 3.80. The Morgan fingerprint density at radius 3 is 2.43 bits per heavy atom. The number of carboxylic acid groups (broad SMARTS) is 1. The van der Waals surface area contributed by atoms with Gasteiger partial charge in [0.1, 0.15) is 5.82 Å². The zero-order valence-electron chi connectivity index (χ0n) is 12.2. The summed E-state index contributed by atoms with van der Waals surface area (Å²) in [5.74, 6) is -3.80. The van der Waals surface area contributed by atoms with E-state index in [9.17, 15) is 27.2 Å². The average molecular weight is 333 g/mol. The van der Waals surface area contributed by atoms with Crippen LogP contribution in [0.1, 0.15) is 35.7 Å². The molecule has 0 aliphatic carbocycles. The molecule has 2 atom stereocenters. The Balaban J connectivity index is 2.32. The molecule has 4 nitrogen and oxygen atoms in total. The molecule has 126 valence electrons. The summed E-state index contributed by atoms with van der Waals surface area (Å²) in [6.45, 7) is 1.58. The van der Waals surface area contributed by atoms with Crippen molar-refractivity contribution in [2.24, 2.45) is 5.92 Å². The summed E-state index contributed by atoms with van der Waals surface area (Å²) in [7, 11) is 0. The first-order valence-corrected chi connectivity index (χ1v) is 7.01. The van der Waals surface area contributed by atoms with Gasteiger partial charge < -0.3 is 10.0 Å². The van der Waals surface area contributed by atoms with E-state index in [1.807, 2.05) is 0 Å². The van der Waals surface area contributed by atoms with E-state index in [4.69, 9.17) is 5.11 Å². The Kier molecular flexibility index (Phi) is 4.63. The summed E-state index contributed by atoms with van der Waals surface area (Å²) in [6.07, 6.45) is -3.96. The number of piperidine rings is 1. The van der Waals surface area contributed by atoms with Crippen LogP contribution in [-0.4, -0.2) is 34.5 Å². The van der Waals surface area contributed by atoms with E-state index >= 15 is 0 Å². The number of carboxylic acids is 1. The topological polar surface area (TPSA) is 57.6 Å². The van der Waals surface area contributed by atoms with Crippen molar-refractivity contribution in [3.63, 3.8) is 0 Å². The minimum atomic E-state index is -4.77. The third-order valence-corrected chi connectivity index (χ3v) is 3.96. The van der Waals surface area contributed by atoms with Gasteiger partial charge in [-0.2, -0.15) is 13.2 Å². The molecule has 8 heteroatoms. The molecule has 2 unspecified atom stereocenters. The van der Waals surface area contributed by atoms with Gasteiger partial charge in [0.25, 0.3) is 5.91 Å². The molecular weight excluding hydrogens is 318 g/mol. The number of hydrogen-bond acceptors (Lipinski definition) is 2. The molecular formula is C15H15F4NO3. The molecule has 0 saturated carbocycles. The monoisotopic (exact) mass is 333 g/mol. The van der Waals surface area contributed by atoms with Crippen LogP contribution in [0.3, 0.4) is 0 Å². The zero-order valence-corrected chi connectivity index (χ0v) is 12.2. The molecule has 0 spiro atoms. The Labute approximate surface area is 129 Å². The van der Waals surface area contributed by atoms with Crippen LogP contribution in [0.2, 0.25) is 0 Å². The fourth-order valence-electron chi connectivity index (χ4n) is 2.63. The number of halogens is 4. The van der Waals surface area contributed by atoms with Gasteiger partial charge in [-0.3, -0.25) is 9.59 Å². The number of hydrogen-bond donors (Lipinski definition) is 1. The van der Waals surface area contributed by atoms with Crippen molar-refractivity contribution in [3.05, 3.63) is 35.1 Å². The Bertz CT molecular complexity index is 630. The summed E-state index contributed by atoms with van der Waals surface area (Å²) < 4.78 is 51.6. The number of nitrogens with zero attached hydrogens (tertiary/aromatic N) is 1. The Hall–Kier alpha value is -2.12. The van der Waals surface area contributed by atoms with Crippen molar-refractivity contribution in [2.45, 2.75) is 32.0 Å². The highest BCUT2D eigenvalue weighted by Gasteiger charge is 2.35. The summed E-state index contributed by atoms with van der Waals surface area (Å²) in [5, 5.41) is 9.04. The van der Waals surface area contributed by atoms with Crippen molar-refractivity contribution in [1.82, 2.24) is 4.90 Å². The number of amides is 1. The Morgan fingerprint density at radius 2 is 1.87 bits per heavy atom. The standard InChI is InChI=1S/C15H15F4NO3/c1-8-2-3-9(14(22)23)7-20(8)13(21)10-4-11(15(17,18)19)6-12(16)5-10/h4-6,8-9H,2-3,7H2,1H3,(H,22,23). The van der Waals surface area contributed by atoms with E-state index < -0.39 is 40.9 Å². The zero-order chi connectivity index (χ0) is 17.4. The predicted molar refractivity (Wildman–Crippen MR) is 72.3 cm³/mol. The van der Waals surface area contributed by atoms with Crippen LogP contribution in [0, 0.1) is 11.7 Å². The van der Waals surface area contributed by atoms with E-state index in [0.717, 1.165) is 6.07 Å². The summed E-state index contributed by atoms with van der Waals surface area (Å²) in [4.78, 5) is 24.7. The summed E-state index contributed by atoms with van der Waals surface area (Å²) in [6, 6.07) is 1.31. The SMILES string of the molecule is CC1CCC(C(=O)O)CN1C(=O)c1cc(F)cc(C(F)(F)F)c1. The second-order valence-electron chi connectivity index (χ2n) is 5.65. The maximum absolute atomic E-state index is 13.4. The quantitative estimate of drug-likeness (QED) is 0.846. The smallest absolute Gasteiger partial charge is 0.416 e. The lowest BCUT2D eigenvalue weighted by Gasteiger charge is -2.36. The lowest BCUT2D eigenvalue weighted by molar-refractivity contribution is -0.143. The number of carbonyl (C=O) groups is 2. The van der Waals surface area contributed by atoms with Gasteiger partial charge in [-0.25, -0.2) is 4.39 Å². The van der Waals surface area contributed by atoms with E-state index in [2.05, 4.69) is 0 Å². The maximum Gasteiger partial charge on any atom is 0.416 e. The van der Waals surface area contributed by atoms with Gasteiger partial charge >= 0.3 is 12.1 Å². The van der Waals surface area contributed by atoms with Crippen molar-refractivity contribution in [3.8, 4) is 0 Å². The van der Waals surface area contributed by atoms with E-state index in [1.54, 1.807) is 6.92 Å². The molecule has 1 saturated heterocycles. The molecule has 1 N–H and O–H groups in total. The van der Waals surface area contributed by atoms with Crippen LogP contribution >= 0.6 is 0 Å². The van der Waals surface area contributed by atoms with E-state index in [0.29, 0.717) is 25.0 Å². The van der Waals surface area contributed by atoms with Crippen molar-refractivity contribution < 1.29 is 32.3 Å². The molecule has 1 fully saturated rings. The number of benzene rings is 1. The largest absolute Gasteiger partial charge is 0.481 e. The van der Waals surface area contributed by atoms with Gasteiger partial charge in [0.05, 0.1) is 11.5 Å². The molecule has 1 aromatic rings. The van der Waals surface area contributed by atoms with Crippen LogP contribution in [0.5, 0.6) is 0 Å². The number of carbonyl (C=O) groups excluding carboxylic acids is 1. The molecule has 1 aromatic carbocycles. The molecule has 1 heterocycles. The summed E-state index contributed by atoms with van der Waals surface area (Å²) in [5.41, 5.74) is -1.68. The first-order valence-electron chi connectivity index (χ1n) is 7.01. The minimum absolute atomic E-state index is 0.104. The fourth-order valence-corrected chi connectivity index (χ4v) is 2.63. The molecule has 0 aromatic heterocycles. The van der Waals surface area contributed by atoms with Crippen molar-refractivity contribution in [1.29, 1.82) is 0 Å². The number of likely N-dealkylation sites (tertiary alicyclic amines) is 1. The molecule has 0 bridgehead atoms. The van der Waals surface area contributed by atoms with Crippen LogP contribution in [-0.2, 0) is 11.0 Å². The number of alkyl halides is 3. The second kappa shape index (κ2) is 6.17. The number of aliphatic carboxylic acids is 1.